The van der Waals surface area contributed by atoms with Gasteiger partial charge in [0.25, 0.3) is 5.69 Å². The molecule has 2 aromatic rings. The molecule has 0 aliphatic rings. The summed E-state index contributed by atoms with van der Waals surface area (Å²) < 4.78 is 0.980. The molecule has 0 saturated carbocycles. The van der Waals surface area contributed by atoms with Gasteiger partial charge in [-0.2, -0.15) is 0 Å². The zero-order chi connectivity index (χ0) is 13.1. The minimum absolute atomic E-state index is 0.0693. The summed E-state index contributed by atoms with van der Waals surface area (Å²) in [5.74, 6) is 0. The molecule has 0 amide bonds. The molecule has 0 aromatic heterocycles. The summed E-state index contributed by atoms with van der Waals surface area (Å²) in [5.41, 5.74) is 2.43. The average molecular weight is 307 g/mol. The van der Waals surface area contributed by atoms with Gasteiger partial charge in [0.1, 0.15) is 5.69 Å². The Kier molecular flexibility index (Phi) is 3.62. The van der Waals surface area contributed by atoms with Crippen LogP contribution in [0.2, 0.25) is 0 Å². The van der Waals surface area contributed by atoms with Crippen LogP contribution in [0.1, 0.15) is 5.56 Å². The Hall–Kier alpha value is -1.88. The molecule has 0 bridgehead atoms. The quantitative estimate of drug-likeness (QED) is 0.675. The van der Waals surface area contributed by atoms with Gasteiger partial charge in [-0.1, -0.05) is 28.1 Å². The number of para-hydroxylation sites is 2. The second-order valence-corrected chi connectivity index (χ2v) is 4.77. The zero-order valence-electron chi connectivity index (χ0n) is 9.68. The highest BCUT2D eigenvalue weighted by atomic mass is 79.9. The van der Waals surface area contributed by atoms with E-state index >= 15 is 0 Å². The predicted molar refractivity (Wildman–Crippen MR) is 75.3 cm³/mol. The Morgan fingerprint density at radius 1 is 1.17 bits per heavy atom. The first-order valence-electron chi connectivity index (χ1n) is 5.34. The molecule has 0 aliphatic heterocycles. The van der Waals surface area contributed by atoms with Gasteiger partial charge in [0, 0.05) is 16.2 Å². The van der Waals surface area contributed by atoms with Crippen LogP contribution in [0.25, 0.3) is 0 Å². The summed E-state index contributed by atoms with van der Waals surface area (Å²) in [6.45, 7) is 1.95. The van der Waals surface area contributed by atoms with Crippen molar-refractivity contribution in [3.05, 3.63) is 62.6 Å². The van der Waals surface area contributed by atoms with E-state index in [1.54, 1.807) is 18.2 Å². The van der Waals surface area contributed by atoms with Crippen LogP contribution >= 0.6 is 15.9 Å². The molecule has 0 radical (unpaired) electrons. The number of aryl methyl sites for hydroxylation is 1. The highest BCUT2D eigenvalue weighted by molar-refractivity contribution is 9.10. The number of hydrogen-bond acceptors (Lipinski definition) is 3. The monoisotopic (exact) mass is 306 g/mol. The van der Waals surface area contributed by atoms with E-state index in [4.69, 9.17) is 0 Å². The first-order chi connectivity index (χ1) is 8.58. The molecular weight excluding hydrogens is 296 g/mol. The van der Waals surface area contributed by atoms with Gasteiger partial charge in [-0.25, -0.2) is 0 Å². The predicted octanol–water partition coefficient (Wildman–Crippen LogP) is 4.41. The van der Waals surface area contributed by atoms with Gasteiger partial charge in [0.05, 0.1) is 4.92 Å². The van der Waals surface area contributed by atoms with Crippen LogP contribution in [0, 0.1) is 17.0 Å². The number of hydrogen-bond donors (Lipinski definition) is 1. The number of nitro groups is 1. The van der Waals surface area contributed by atoms with E-state index in [-0.39, 0.29) is 5.69 Å². The lowest BCUT2D eigenvalue weighted by atomic mass is 10.2. The van der Waals surface area contributed by atoms with Gasteiger partial charge in [-0.3, -0.25) is 10.1 Å². The molecule has 18 heavy (non-hydrogen) atoms. The zero-order valence-corrected chi connectivity index (χ0v) is 11.3. The fourth-order valence-corrected chi connectivity index (χ4v) is 2.13. The smallest absolute Gasteiger partial charge is 0.292 e. The molecule has 4 nitrogen and oxygen atoms in total. The Bertz CT molecular complexity index is 599. The molecule has 2 aromatic carbocycles. The summed E-state index contributed by atoms with van der Waals surface area (Å²) in [5, 5.41) is 14.0. The molecule has 0 aliphatic carbocycles. The van der Waals surface area contributed by atoms with E-state index in [2.05, 4.69) is 21.2 Å². The van der Waals surface area contributed by atoms with Crippen molar-refractivity contribution in [3.8, 4) is 0 Å². The largest absolute Gasteiger partial charge is 0.350 e. The minimum atomic E-state index is -0.392. The van der Waals surface area contributed by atoms with Gasteiger partial charge in [-0.15, -0.1) is 0 Å². The number of anilines is 2. The summed E-state index contributed by atoms with van der Waals surface area (Å²) >= 11 is 3.38. The topological polar surface area (TPSA) is 55.2 Å². The van der Waals surface area contributed by atoms with E-state index < -0.39 is 4.92 Å². The number of rotatable bonds is 3. The Balaban J connectivity index is 2.37. The van der Waals surface area contributed by atoms with E-state index in [0.29, 0.717) is 5.69 Å². The number of nitrogens with one attached hydrogen (secondary N) is 1. The van der Waals surface area contributed by atoms with Crippen molar-refractivity contribution >= 4 is 33.0 Å². The van der Waals surface area contributed by atoms with Gasteiger partial charge in [0.15, 0.2) is 0 Å². The third-order valence-corrected chi connectivity index (χ3v) is 3.05. The van der Waals surface area contributed by atoms with Crippen LogP contribution in [0.3, 0.4) is 0 Å². The van der Waals surface area contributed by atoms with Crippen molar-refractivity contribution in [2.75, 3.05) is 5.32 Å². The molecule has 0 spiro atoms. The highest BCUT2D eigenvalue weighted by Gasteiger charge is 2.12. The van der Waals surface area contributed by atoms with Gasteiger partial charge >= 0.3 is 0 Å². The normalized spacial score (nSPS) is 10.1. The third kappa shape index (κ3) is 2.68. The minimum Gasteiger partial charge on any atom is -0.350 e. The second kappa shape index (κ2) is 5.18. The fraction of sp³-hybridized carbons (Fsp3) is 0.0769. The maximum Gasteiger partial charge on any atom is 0.292 e. The molecule has 0 heterocycles. The molecule has 0 saturated heterocycles. The van der Waals surface area contributed by atoms with Crippen molar-refractivity contribution in [2.45, 2.75) is 6.92 Å². The molecule has 0 fully saturated rings. The van der Waals surface area contributed by atoms with Crippen molar-refractivity contribution < 1.29 is 4.92 Å². The Morgan fingerprint density at radius 3 is 2.56 bits per heavy atom. The SMILES string of the molecule is Cc1cc(Br)ccc1Nc1ccccc1[N+](=O)[O-]. The molecule has 5 heteroatoms. The van der Waals surface area contributed by atoms with E-state index in [1.165, 1.54) is 6.07 Å². The first-order valence-corrected chi connectivity index (χ1v) is 6.14. The lowest BCUT2D eigenvalue weighted by Gasteiger charge is -2.10. The van der Waals surface area contributed by atoms with Crippen molar-refractivity contribution in [1.82, 2.24) is 0 Å². The first kappa shape index (κ1) is 12.6. The van der Waals surface area contributed by atoms with Gasteiger partial charge in [-0.05, 0) is 36.8 Å². The van der Waals surface area contributed by atoms with Crippen LogP contribution in [-0.2, 0) is 0 Å². The Morgan fingerprint density at radius 2 is 1.89 bits per heavy atom. The maximum atomic E-state index is 10.9. The average Bonchev–Trinajstić information content (AvgIpc) is 2.33. The molecule has 92 valence electrons. The second-order valence-electron chi connectivity index (χ2n) is 3.86. The summed E-state index contributed by atoms with van der Waals surface area (Å²) in [6, 6.07) is 12.3. The van der Waals surface area contributed by atoms with Gasteiger partial charge in [0.2, 0.25) is 0 Å². The van der Waals surface area contributed by atoms with Crippen LogP contribution in [-0.4, -0.2) is 4.92 Å². The summed E-state index contributed by atoms with van der Waals surface area (Å²) in [6.07, 6.45) is 0. The van der Waals surface area contributed by atoms with Crippen molar-refractivity contribution in [2.24, 2.45) is 0 Å². The van der Waals surface area contributed by atoms with Crippen molar-refractivity contribution in [1.29, 1.82) is 0 Å². The summed E-state index contributed by atoms with van der Waals surface area (Å²) in [7, 11) is 0. The number of benzene rings is 2. The van der Waals surface area contributed by atoms with Crippen LogP contribution in [0.4, 0.5) is 17.1 Å². The molecule has 2 rings (SSSR count). The van der Waals surface area contributed by atoms with Gasteiger partial charge < -0.3 is 5.32 Å². The van der Waals surface area contributed by atoms with E-state index in [1.807, 2.05) is 25.1 Å². The molecule has 0 unspecified atom stereocenters. The van der Waals surface area contributed by atoms with E-state index in [0.717, 1.165) is 15.7 Å². The molecule has 0 atom stereocenters. The molecule has 1 N–H and O–H groups in total. The molecular formula is C13H11BrN2O2. The van der Waals surface area contributed by atoms with E-state index in [9.17, 15) is 10.1 Å². The summed E-state index contributed by atoms with van der Waals surface area (Å²) in [4.78, 5) is 10.5. The fourth-order valence-electron chi connectivity index (χ4n) is 1.65. The third-order valence-electron chi connectivity index (χ3n) is 2.56. The van der Waals surface area contributed by atoms with Crippen LogP contribution in [0.5, 0.6) is 0 Å². The number of halogens is 1. The standard InChI is InChI=1S/C13H11BrN2O2/c1-9-8-10(14)6-7-11(9)15-12-4-2-3-5-13(12)16(17)18/h2-8,15H,1H3. The number of nitrogens with zero attached hydrogens (tertiary/aromatic N) is 1. The lowest BCUT2D eigenvalue weighted by Crippen LogP contribution is -1.98. The van der Waals surface area contributed by atoms with Crippen LogP contribution in [0.15, 0.2) is 46.9 Å². The maximum absolute atomic E-state index is 10.9. The van der Waals surface area contributed by atoms with Crippen molar-refractivity contribution in [3.63, 3.8) is 0 Å². The number of nitro benzene ring substituents is 1. The Labute approximate surface area is 113 Å². The lowest BCUT2D eigenvalue weighted by molar-refractivity contribution is -0.383. The van der Waals surface area contributed by atoms with Crippen LogP contribution < -0.4 is 5.32 Å². The highest BCUT2D eigenvalue weighted by Crippen LogP contribution is 2.29.